The highest BCUT2D eigenvalue weighted by atomic mass is 16.2. The normalized spacial score (nSPS) is 10.1. The van der Waals surface area contributed by atoms with Gasteiger partial charge in [-0.3, -0.25) is 4.79 Å². The van der Waals surface area contributed by atoms with Crippen molar-refractivity contribution in [3.8, 4) is 0 Å². The molecule has 2 amide bonds. The molecule has 5 nitrogen and oxygen atoms in total. The predicted octanol–water partition coefficient (Wildman–Crippen LogP) is 3.31. The molecule has 25 heavy (non-hydrogen) atoms. The minimum atomic E-state index is -0.300. The topological polar surface area (TPSA) is 72.3 Å². The summed E-state index contributed by atoms with van der Waals surface area (Å²) in [6.07, 6.45) is 1.76. The van der Waals surface area contributed by atoms with E-state index in [1.165, 1.54) is 0 Å². The lowest BCUT2D eigenvalue weighted by atomic mass is 10.1. The number of anilines is 2. The van der Waals surface area contributed by atoms with Crippen LogP contribution >= 0.6 is 0 Å². The lowest BCUT2D eigenvalue weighted by molar-refractivity contribution is -0.360. The largest absolute Gasteiger partial charge is 0.341 e. The first-order valence-corrected chi connectivity index (χ1v) is 7.88. The number of hydrogen-bond donors (Lipinski definition) is 2. The van der Waals surface area contributed by atoms with Crippen molar-refractivity contribution in [2.45, 2.75) is 6.92 Å². The van der Waals surface area contributed by atoms with E-state index < -0.39 is 0 Å². The molecule has 3 aromatic rings. The van der Waals surface area contributed by atoms with E-state index in [2.05, 4.69) is 15.6 Å². The van der Waals surface area contributed by atoms with Gasteiger partial charge in [0.05, 0.1) is 17.4 Å². The third-order valence-corrected chi connectivity index (χ3v) is 3.66. The monoisotopic (exact) mass is 332 g/mol. The molecule has 1 heterocycles. The molecule has 0 atom stereocenters. The number of aromatic nitrogens is 1. The van der Waals surface area contributed by atoms with Gasteiger partial charge >= 0.3 is 5.91 Å². The van der Waals surface area contributed by atoms with Gasteiger partial charge in [-0.25, -0.2) is 15.1 Å². The minimum absolute atomic E-state index is 0.261. The van der Waals surface area contributed by atoms with Crippen LogP contribution in [0.15, 0.2) is 72.9 Å². The van der Waals surface area contributed by atoms with Gasteiger partial charge in [-0.15, -0.1) is 0 Å². The predicted molar refractivity (Wildman–Crippen MR) is 96.5 cm³/mol. The van der Waals surface area contributed by atoms with Gasteiger partial charge in [0.2, 0.25) is 0 Å². The molecule has 0 aliphatic carbocycles. The number of pyridine rings is 1. The molecule has 0 saturated heterocycles. The van der Waals surface area contributed by atoms with E-state index in [1.807, 2.05) is 25.1 Å². The van der Waals surface area contributed by atoms with Crippen LogP contribution in [0.4, 0.5) is 11.5 Å². The molecule has 3 rings (SSSR count). The van der Waals surface area contributed by atoms with Gasteiger partial charge in [0.25, 0.3) is 11.7 Å². The summed E-state index contributed by atoms with van der Waals surface area (Å²) >= 11 is 0. The zero-order valence-corrected chi connectivity index (χ0v) is 13.7. The fourth-order valence-electron chi connectivity index (χ4n) is 2.42. The summed E-state index contributed by atoms with van der Waals surface area (Å²) in [5, 5.41) is 5.60. The van der Waals surface area contributed by atoms with Gasteiger partial charge in [-0.1, -0.05) is 30.3 Å². The van der Waals surface area contributed by atoms with Crippen molar-refractivity contribution in [1.29, 1.82) is 0 Å². The van der Waals surface area contributed by atoms with Gasteiger partial charge < -0.3 is 5.32 Å². The van der Waals surface area contributed by atoms with Gasteiger partial charge in [0.15, 0.2) is 0 Å². The minimum Gasteiger partial charge on any atom is -0.321 e. The average molecular weight is 332 g/mol. The first-order chi connectivity index (χ1) is 12.1. The summed E-state index contributed by atoms with van der Waals surface area (Å²) in [5.74, 6) is 0.0305. The molecule has 0 bridgehead atoms. The third-order valence-electron chi connectivity index (χ3n) is 3.66. The number of hydrogen-bond acceptors (Lipinski definition) is 2. The second kappa shape index (κ2) is 7.40. The van der Waals surface area contributed by atoms with E-state index in [0.29, 0.717) is 22.6 Å². The summed E-state index contributed by atoms with van der Waals surface area (Å²) < 4.78 is 0. The molecular formula is C20H18N3O2+. The van der Waals surface area contributed by atoms with E-state index in [-0.39, 0.29) is 11.8 Å². The number of carbonyl (C=O) groups is 2. The van der Waals surface area contributed by atoms with Crippen molar-refractivity contribution in [3.63, 3.8) is 0 Å². The molecule has 0 saturated carbocycles. The van der Waals surface area contributed by atoms with E-state index >= 15 is 0 Å². The first kappa shape index (κ1) is 16.4. The number of rotatable bonds is 4. The molecule has 0 spiro atoms. The van der Waals surface area contributed by atoms with Crippen LogP contribution in [0.25, 0.3) is 0 Å². The molecular weight excluding hydrogens is 314 g/mol. The van der Waals surface area contributed by atoms with E-state index in [9.17, 15) is 9.59 Å². The summed E-state index contributed by atoms with van der Waals surface area (Å²) in [6, 6.07) is 19.5. The Bertz CT molecular complexity index is 908. The van der Waals surface area contributed by atoms with Crippen molar-refractivity contribution in [2.24, 2.45) is 0 Å². The molecule has 3 N–H and O–H groups in total. The maximum atomic E-state index is 12.6. The SMILES string of the molecule is Cc1cc[nH+]c(NC(=O)c2ccccc2NC(=O)c2ccccc2)c1. The summed E-state index contributed by atoms with van der Waals surface area (Å²) in [5.41, 5.74) is 2.41. The second-order valence-corrected chi connectivity index (χ2v) is 5.60. The third kappa shape index (κ3) is 4.09. The van der Waals surface area contributed by atoms with Crippen molar-refractivity contribution in [2.75, 3.05) is 10.6 Å². The van der Waals surface area contributed by atoms with Crippen molar-refractivity contribution in [3.05, 3.63) is 89.6 Å². The number of benzene rings is 2. The lowest BCUT2D eigenvalue weighted by Crippen LogP contribution is -2.21. The highest BCUT2D eigenvalue weighted by molar-refractivity contribution is 6.12. The van der Waals surface area contributed by atoms with Gasteiger partial charge in [0.1, 0.15) is 0 Å². The van der Waals surface area contributed by atoms with Crippen molar-refractivity contribution >= 4 is 23.3 Å². The Morgan fingerprint density at radius 2 is 1.56 bits per heavy atom. The Kier molecular flexibility index (Phi) is 4.85. The molecule has 0 unspecified atom stereocenters. The van der Waals surface area contributed by atoms with Crippen molar-refractivity contribution < 1.29 is 14.6 Å². The lowest BCUT2D eigenvalue weighted by Gasteiger charge is -2.09. The number of nitrogens with one attached hydrogen (secondary N) is 3. The maximum absolute atomic E-state index is 12.6. The molecule has 0 fully saturated rings. The Hall–Kier alpha value is -3.47. The van der Waals surface area contributed by atoms with E-state index in [1.54, 1.807) is 54.7 Å². The number of aromatic amines is 1. The quantitative estimate of drug-likeness (QED) is 0.769. The summed E-state index contributed by atoms with van der Waals surface area (Å²) in [6.45, 7) is 1.94. The van der Waals surface area contributed by atoms with Crippen molar-refractivity contribution in [1.82, 2.24) is 0 Å². The second-order valence-electron chi connectivity index (χ2n) is 5.60. The Morgan fingerprint density at radius 1 is 0.840 bits per heavy atom. The van der Waals surface area contributed by atoms with Crippen LogP contribution < -0.4 is 15.6 Å². The highest BCUT2D eigenvalue weighted by Gasteiger charge is 2.18. The molecule has 0 aliphatic rings. The van der Waals surface area contributed by atoms with Crippen LogP contribution in [0.1, 0.15) is 26.3 Å². The van der Waals surface area contributed by atoms with E-state index in [4.69, 9.17) is 0 Å². The van der Waals surface area contributed by atoms with Crippen LogP contribution in [0, 0.1) is 6.92 Å². The standard InChI is InChI=1S/C20H17N3O2/c1-14-11-12-21-18(13-14)23-20(25)16-9-5-6-10-17(16)22-19(24)15-7-3-2-4-8-15/h2-13H,1H3,(H,22,24)(H,21,23,25)/p+1. The number of aryl methyl sites for hydroxylation is 1. The number of carbonyl (C=O) groups excluding carboxylic acids is 2. The molecule has 0 aliphatic heterocycles. The van der Waals surface area contributed by atoms with Crippen LogP contribution in [0.5, 0.6) is 0 Å². The highest BCUT2D eigenvalue weighted by Crippen LogP contribution is 2.17. The number of amides is 2. The molecule has 124 valence electrons. The zero-order chi connectivity index (χ0) is 17.6. The van der Waals surface area contributed by atoms with Crippen LogP contribution in [-0.4, -0.2) is 11.8 Å². The molecule has 2 aromatic carbocycles. The fraction of sp³-hybridized carbons (Fsp3) is 0.0500. The van der Waals surface area contributed by atoms with Crippen LogP contribution in [-0.2, 0) is 0 Å². The Balaban J connectivity index is 1.81. The average Bonchev–Trinajstić information content (AvgIpc) is 2.63. The first-order valence-electron chi connectivity index (χ1n) is 7.88. The summed E-state index contributed by atoms with van der Waals surface area (Å²) in [7, 11) is 0. The Labute approximate surface area is 145 Å². The molecule has 0 radical (unpaired) electrons. The number of H-pyrrole nitrogens is 1. The van der Waals surface area contributed by atoms with E-state index in [0.717, 1.165) is 5.56 Å². The summed E-state index contributed by atoms with van der Waals surface area (Å²) in [4.78, 5) is 27.9. The van der Waals surface area contributed by atoms with Crippen LogP contribution in [0.3, 0.4) is 0 Å². The molecule has 1 aromatic heterocycles. The smallest absolute Gasteiger partial charge is 0.321 e. The zero-order valence-electron chi connectivity index (χ0n) is 13.7. The van der Waals surface area contributed by atoms with Gasteiger partial charge in [-0.2, -0.15) is 0 Å². The van der Waals surface area contributed by atoms with Gasteiger partial charge in [-0.05, 0) is 42.8 Å². The maximum Gasteiger partial charge on any atom is 0.341 e. The van der Waals surface area contributed by atoms with Gasteiger partial charge in [0, 0.05) is 11.6 Å². The van der Waals surface area contributed by atoms with Crippen LogP contribution in [0.2, 0.25) is 0 Å². The molecule has 5 heteroatoms. The fourth-order valence-corrected chi connectivity index (χ4v) is 2.42. The number of para-hydroxylation sites is 1. The Morgan fingerprint density at radius 3 is 2.32 bits per heavy atom.